The average molecular weight is 132 g/mol. The SMILES string of the molecule is CC(C)OCC[C@H](C)O. The van der Waals surface area contributed by atoms with Gasteiger partial charge in [0.15, 0.2) is 0 Å². The van der Waals surface area contributed by atoms with Crippen molar-refractivity contribution in [2.24, 2.45) is 0 Å². The Balaban J connectivity index is 2.91. The topological polar surface area (TPSA) is 29.5 Å². The van der Waals surface area contributed by atoms with Crippen molar-refractivity contribution in [2.45, 2.75) is 39.4 Å². The molecule has 1 atom stereocenters. The van der Waals surface area contributed by atoms with Gasteiger partial charge in [-0.25, -0.2) is 0 Å². The van der Waals surface area contributed by atoms with E-state index in [-0.39, 0.29) is 12.2 Å². The van der Waals surface area contributed by atoms with E-state index in [2.05, 4.69) is 0 Å². The summed E-state index contributed by atoms with van der Waals surface area (Å²) in [6.07, 6.45) is 0.783. The molecule has 0 unspecified atom stereocenters. The minimum atomic E-state index is -0.233. The van der Waals surface area contributed by atoms with Gasteiger partial charge in [-0.1, -0.05) is 0 Å². The number of rotatable bonds is 4. The number of hydrogen-bond donors (Lipinski definition) is 1. The maximum Gasteiger partial charge on any atom is 0.0534 e. The fraction of sp³-hybridized carbons (Fsp3) is 1.00. The summed E-state index contributed by atoms with van der Waals surface area (Å²) in [5.41, 5.74) is 0. The van der Waals surface area contributed by atoms with Gasteiger partial charge in [0.1, 0.15) is 0 Å². The summed E-state index contributed by atoms with van der Waals surface area (Å²) < 4.78 is 5.19. The van der Waals surface area contributed by atoms with Crippen LogP contribution in [0.15, 0.2) is 0 Å². The highest BCUT2D eigenvalue weighted by Gasteiger charge is 1.96. The first-order chi connectivity index (χ1) is 4.13. The van der Waals surface area contributed by atoms with Crippen molar-refractivity contribution in [1.29, 1.82) is 0 Å². The zero-order chi connectivity index (χ0) is 7.28. The summed E-state index contributed by atoms with van der Waals surface area (Å²) in [6.45, 7) is 6.41. The van der Waals surface area contributed by atoms with Gasteiger partial charge in [0, 0.05) is 6.61 Å². The van der Waals surface area contributed by atoms with E-state index in [4.69, 9.17) is 9.84 Å². The number of aliphatic hydroxyl groups excluding tert-OH is 1. The smallest absolute Gasteiger partial charge is 0.0534 e. The molecule has 0 rings (SSSR count). The van der Waals surface area contributed by atoms with Crippen molar-refractivity contribution in [3.63, 3.8) is 0 Å². The van der Waals surface area contributed by atoms with Crippen LogP contribution in [0.1, 0.15) is 27.2 Å². The Morgan fingerprint density at radius 1 is 1.33 bits per heavy atom. The van der Waals surface area contributed by atoms with E-state index in [0.29, 0.717) is 6.61 Å². The fourth-order valence-electron chi connectivity index (χ4n) is 0.474. The van der Waals surface area contributed by atoms with Crippen molar-refractivity contribution in [3.8, 4) is 0 Å². The Kier molecular flexibility index (Phi) is 4.72. The van der Waals surface area contributed by atoms with Crippen molar-refractivity contribution >= 4 is 0 Å². The molecule has 0 amide bonds. The van der Waals surface area contributed by atoms with Crippen LogP contribution in [0.4, 0.5) is 0 Å². The van der Waals surface area contributed by atoms with Gasteiger partial charge in [0.05, 0.1) is 12.2 Å². The Hall–Kier alpha value is -0.0800. The fourth-order valence-corrected chi connectivity index (χ4v) is 0.474. The van der Waals surface area contributed by atoms with E-state index < -0.39 is 0 Å². The molecule has 0 aliphatic carbocycles. The number of ether oxygens (including phenoxy) is 1. The van der Waals surface area contributed by atoms with Crippen molar-refractivity contribution in [1.82, 2.24) is 0 Å². The maximum atomic E-state index is 8.79. The van der Waals surface area contributed by atoms with Crippen LogP contribution in [0.2, 0.25) is 0 Å². The third-order valence-electron chi connectivity index (χ3n) is 0.987. The van der Waals surface area contributed by atoms with Gasteiger partial charge in [0.25, 0.3) is 0 Å². The Morgan fingerprint density at radius 2 is 1.89 bits per heavy atom. The average Bonchev–Trinajstić information content (AvgIpc) is 1.63. The van der Waals surface area contributed by atoms with Gasteiger partial charge in [-0.2, -0.15) is 0 Å². The van der Waals surface area contributed by atoms with Gasteiger partial charge in [-0.3, -0.25) is 0 Å². The highest BCUT2D eigenvalue weighted by Crippen LogP contribution is 1.93. The molecule has 0 bridgehead atoms. The first-order valence-corrected chi connectivity index (χ1v) is 3.42. The highest BCUT2D eigenvalue weighted by molar-refractivity contribution is 4.45. The summed E-state index contributed by atoms with van der Waals surface area (Å²) >= 11 is 0. The summed E-state index contributed by atoms with van der Waals surface area (Å²) in [5.74, 6) is 0. The molecule has 0 heterocycles. The van der Waals surface area contributed by atoms with Crippen LogP contribution in [-0.4, -0.2) is 23.9 Å². The molecule has 0 aromatic rings. The predicted molar refractivity (Wildman–Crippen MR) is 37.4 cm³/mol. The van der Waals surface area contributed by atoms with Crippen LogP contribution < -0.4 is 0 Å². The molecule has 0 aliphatic heterocycles. The second-order valence-electron chi connectivity index (χ2n) is 2.56. The van der Waals surface area contributed by atoms with E-state index in [1.165, 1.54) is 0 Å². The molecule has 0 spiro atoms. The lowest BCUT2D eigenvalue weighted by molar-refractivity contribution is 0.0513. The maximum absolute atomic E-state index is 8.79. The lowest BCUT2D eigenvalue weighted by Gasteiger charge is -2.07. The van der Waals surface area contributed by atoms with Crippen molar-refractivity contribution in [2.75, 3.05) is 6.61 Å². The van der Waals surface area contributed by atoms with Crippen molar-refractivity contribution < 1.29 is 9.84 Å². The second-order valence-corrected chi connectivity index (χ2v) is 2.56. The van der Waals surface area contributed by atoms with Gasteiger partial charge in [0.2, 0.25) is 0 Å². The molecule has 0 saturated heterocycles. The van der Waals surface area contributed by atoms with Crippen molar-refractivity contribution in [3.05, 3.63) is 0 Å². The quantitative estimate of drug-likeness (QED) is 0.622. The molecule has 9 heavy (non-hydrogen) atoms. The van der Waals surface area contributed by atoms with Crippen LogP contribution in [0.5, 0.6) is 0 Å². The van der Waals surface area contributed by atoms with Crippen LogP contribution in [0, 0.1) is 0 Å². The molecule has 0 radical (unpaired) electrons. The minimum Gasteiger partial charge on any atom is -0.393 e. The first-order valence-electron chi connectivity index (χ1n) is 3.42. The van der Waals surface area contributed by atoms with E-state index in [1.807, 2.05) is 13.8 Å². The molecule has 0 fully saturated rings. The highest BCUT2D eigenvalue weighted by atomic mass is 16.5. The lowest BCUT2D eigenvalue weighted by atomic mass is 10.3. The van der Waals surface area contributed by atoms with E-state index in [1.54, 1.807) is 6.92 Å². The second kappa shape index (κ2) is 4.77. The van der Waals surface area contributed by atoms with Gasteiger partial charge >= 0.3 is 0 Å². The lowest BCUT2D eigenvalue weighted by Crippen LogP contribution is -2.09. The third-order valence-corrected chi connectivity index (χ3v) is 0.987. The van der Waals surface area contributed by atoms with Gasteiger partial charge in [-0.05, 0) is 27.2 Å². The number of hydrogen-bond acceptors (Lipinski definition) is 2. The Bertz CT molecular complexity index is 51.9. The monoisotopic (exact) mass is 132 g/mol. The summed E-state index contributed by atoms with van der Waals surface area (Å²) in [7, 11) is 0. The van der Waals surface area contributed by atoms with Crippen LogP contribution in [0.3, 0.4) is 0 Å². The van der Waals surface area contributed by atoms with E-state index >= 15 is 0 Å². The van der Waals surface area contributed by atoms with Gasteiger partial charge in [-0.15, -0.1) is 0 Å². The molecule has 56 valence electrons. The number of aliphatic hydroxyl groups is 1. The first kappa shape index (κ1) is 8.92. The summed E-state index contributed by atoms with van der Waals surface area (Å²) in [5, 5.41) is 8.79. The van der Waals surface area contributed by atoms with Crippen LogP contribution in [-0.2, 0) is 4.74 Å². The van der Waals surface area contributed by atoms with Gasteiger partial charge < -0.3 is 9.84 Å². The standard InChI is InChI=1S/C7H16O2/c1-6(2)9-5-4-7(3)8/h6-8H,4-5H2,1-3H3/t7-/m0/s1. The zero-order valence-corrected chi connectivity index (χ0v) is 6.42. The molecule has 2 heteroatoms. The van der Waals surface area contributed by atoms with Crippen LogP contribution >= 0.6 is 0 Å². The predicted octanol–water partition coefficient (Wildman–Crippen LogP) is 1.18. The molecule has 0 aromatic heterocycles. The molecule has 0 aromatic carbocycles. The van der Waals surface area contributed by atoms with Crippen LogP contribution in [0.25, 0.3) is 0 Å². The van der Waals surface area contributed by atoms with E-state index in [9.17, 15) is 0 Å². The van der Waals surface area contributed by atoms with E-state index in [0.717, 1.165) is 6.42 Å². The molecule has 1 N–H and O–H groups in total. The summed E-state index contributed by atoms with van der Waals surface area (Å²) in [4.78, 5) is 0. The molecular formula is C7H16O2. The molecule has 0 aliphatic rings. The summed E-state index contributed by atoms with van der Waals surface area (Å²) in [6, 6.07) is 0. The third kappa shape index (κ3) is 7.92. The Labute approximate surface area is 56.8 Å². The molecule has 2 nitrogen and oxygen atoms in total. The minimum absolute atomic E-state index is 0.233. The zero-order valence-electron chi connectivity index (χ0n) is 6.42. The Morgan fingerprint density at radius 3 is 2.22 bits per heavy atom. The normalized spacial score (nSPS) is 14.3. The molecular weight excluding hydrogens is 116 g/mol. The molecule has 0 saturated carbocycles. The largest absolute Gasteiger partial charge is 0.393 e.